The number of rotatable bonds is 23. The van der Waals surface area contributed by atoms with Crippen LogP contribution < -0.4 is 0 Å². The summed E-state index contributed by atoms with van der Waals surface area (Å²) in [5, 5.41) is 0. The fraction of sp³-hybridized carbons (Fsp3) is 0.917. The predicted molar refractivity (Wildman–Crippen MR) is 123 cm³/mol. The first-order valence-electron chi connectivity index (χ1n) is 12.2. The van der Waals surface area contributed by atoms with Crippen molar-refractivity contribution in [1.29, 1.82) is 0 Å². The molecule has 190 valence electrons. The molecule has 0 saturated carbocycles. The summed E-state index contributed by atoms with van der Waals surface area (Å²) in [6, 6.07) is 0. The Labute approximate surface area is 194 Å². The van der Waals surface area contributed by atoms with E-state index in [9.17, 15) is 9.59 Å². The molecule has 0 aliphatic heterocycles. The average molecular weight is 463 g/mol. The molecule has 0 aliphatic rings. The lowest BCUT2D eigenvalue weighted by Gasteiger charge is -2.25. The van der Waals surface area contributed by atoms with Gasteiger partial charge in [0.15, 0.2) is 5.41 Å². The minimum atomic E-state index is -1.33. The van der Waals surface area contributed by atoms with Crippen LogP contribution in [0.1, 0.15) is 72.6 Å². The molecule has 0 fully saturated rings. The summed E-state index contributed by atoms with van der Waals surface area (Å²) in [5.41, 5.74) is -1.33. The number of ether oxygens (including phenoxy) is 6. The Bertz CT molecular complexity index is 421. The SMILES string of the molecule is CCCCOCCOCCOC(=O)C(C)(CCCC)C(=O)OCCOCCOCCCC. The quantitative estimate of drug-likeness (QED) is 0.128. The van der Waals surface area contributed by atoms with E-state index in [0.717, 1.165) is 51.7 Å². The molecule has 0 spiro atoms. The number of carbonyl (C=O) groups excluding carboxylic acids is 2. The highest BCUT2D eigenvalue weighted by atomic mass is 16.6. The summed E-state index contributed by atoms with van der Waals surface area (Å²) in [5.74, 6) is -1.16. The number of hydrogen-bond acceptors (Lipinski definition) is 8. The molecule has 8 nitrogen and oxygen atoms in total. The molecule has 0 bridgehead atoms. The molecule has 32 heavy (non-hydrogen) atoms. The molecule has 0 radical (unpaired) electrons. The van der Waals surface area contributed by atoms with Crippen LogP contribution in [0.5, 0.6) is 0 Å². The van der Waals surface area contributed by atoms with E-state index in [1.807, 2.05) is 6.92 Å². The molecule has 0 N–H and O–H groups in total. The third kappa shape index (κ3) is 15.6. The lowest BCUT2D eigenvalue weighted by Crippen LogP contribution is -2.40. The summed E-state index contributed by atoms with van der Waals surface area (Å²) in [7, 11) is 0. The fourth-order valence-electron chi connectivity index (χ4n) is 2.66. The van der Waals surface area contributed by atoms with E-state index >= 15 is 0 Å². The average Bonchev–Trinajstić information content (AvgIpc) is 2.80. The van der Waals surface area contributed by atoms with Gasteiger partial charge in [-0.2, -0.15) is 0 Å². The maximum atomic E-state index is 12.6. The minimum absolute atomic E-state index is 0.0872. The zero-order valence-electron chi connectivity index (χ0n) is 20.8. The van der Waals surface area contributed by atoms with Crippen molar-refractivity contribution in [3.63, 3.8) is 0 Å². The van der Waals surface area contributed by atoms with Crippen molar-refractivity contribution in [3.05, 3.63) is 0 Å². The van der Waals surface area contributed by atoms with Gasteiger partial charge < -0.3 is 28.4 Å². The van der Waals surface area contributed by atoms with Gasteiger partial charge in [-0.15, -0.1) is 0 Å². The number of unbranched alkanes of at least 4 members (excludes halogenated alkanes) is 3. The molecular weight excluding hydrogens is 416 g/mol. The van der Waals surface area contributed by atoms with E-state index in [4.69, 9.17) is 28.4 Å². The minimum Gasteiger partial charge on any atom is -0.462 e. The second-order valence-corrected chi connectivity index (χ2v) is 7.86. The lowest BCUT2D eigenvalue weighted by atomic mass is 9.85. The standard InChI is InChI=1S/C24H46O8/c1-5-8-11-24(4,22(25)31-20-18-29-16-14-27-12-9-6-2)23(26)32-21-19-30-17-15-28-13-10-7-3/h5-21H2,1-4H3. The van der Waals surface area contributed by atoms with Crippen LogP contribution in [0.15, 0.2) is 0 Å². The molecule has 0 unspecified atom stereocenters. The molecule has 0 aliphatic carbocycles. The molecule has 0 atom stereocenters. The highest BCUT2D eigenvalue weighted by Gasteiger charge is 2.43. The summed E-state index contributed by atoms with van der Waals surface area (Å²) < 4.78 is 32.2. The largest absolute Gasteiger partial charge is 0.462 e. The Hall–Kier alpha value is -1.22. The van der Waals surface area contributed by atoms with Gasteiger partial charge in [-0.25, -0.2) is 0 Å². The summed E-state index contributed by atoms with van der Waals surface area (Å²) in [6.45, 7) is 11.9. The summed E-state index contributed by atoms with van der Waals surface area (Å²) in [4.78, 5) is 25.3. The Morgan fingerprint density at radius 1 is 0.531 bits per heavy atom. The van der Waals surface area contributed by atoms with Crippen molar-refractivity contribution < 1.29 is 38.0 Å². The van der Waals surface area contributed by atoms with E-state index in [1.165, 1.54) is 0 Å². The van der Waals surface area contributed by atoms with Gasteiger partial charge in [0, 0.05) is 13.2 Å². The van der Waals surface area contributed by atoms with Gasteiger partial charge in [0.05, 0.1) is 39.6 Å². The maximum Gasteiger partial charge on any atom is 0.323 e. The highest BCUT2D eigenvalue weighted by molar-refractivity contribution is 5.99. The van der Waals surface area contributed by atoms with Crippen LogP contribution in [-0.4, -0.2) is 78.0 Å². The zero-order chi connectivity index (χ0) is 23.9. The van der Waals surface area contributed by atoms with Gasteiger partial charge in [0.1, 0.15) is 13.2 Å². The maximum absolute atomic E-state index is 12.6. The Balaban J connectivity index is 4.15. The molecule has 0 aromatic heterocycles. The van der Waals surface area contributed by atoms with Crippen LogP contribution in [0.2, 0.25) is 0 Å². The first-order chi connectivity index (χ1) is 15.5. The molecule has 0 heterocycles. The summed E-state index contributed by atoms with van der Waals surface area (Å²) >= 11 is 0. The van der Waals surface area contributed by atoms with Crippen LogP contribution >= 0.6 is 0 Å². The third-order valence-corrected chi connectivity index (χ3v) is 4.88. The van der Waals surface area contributed by atoms with Crippen molar-refractivity contribution in [2.45, 2.75) is 72.6 Å². The van der Waals surface area contributed by atoms with Crippen LogP contribution in [0, 0.1) is 5.41 Å². The number of carbonyl (C=O) groups is 2. The molecule has 0 aromatic carbocycles. The van der Waals surface area contributed by atoms with E-state index in [2.05, 4.69) is 13.8 Å². The number of hydrogen-bond donors (Lipinski definition) is 0. The lowest BCUT2D eigenvalue weighted by molar-refractivity contribution is -0.173. The van der Waals surface area contributed by atoms with Crippen LogP contribution in [0.25, 0.3) is 0 Å². The topological polar surface area (TPSA) is 89.5 Å². The second-order valence-electron chi connectivity index (χ2n) is 7.86. The first-order valence-corrected chi connectivity index (χ1v) is 12.2. The highest BCUT2D eigenvalue weighted by Crippen LogP contribution is 2.28. The van der Waals surface area contributed by atoms with E-state index in [0.29, 0.717) is 32.8 Å². The van der Waals surface area contributed by atoms with Crippen molar-refractivity contribution in [1.82, 2.24) is 0 Å². The Kier molecular flexibility index (Phi) is 20.8. The first kappa shape index (κ1) is 30.8. The van der Waals surface area contributed by atoms with Gasteiger partial charge in [-0.05, 0) is 26.2 Å². The van der Waals surface area contributed by atoms with Crippen LogP contribution in [-0.2, 0) is 38.0 Å². The monoisotopic (exact) mass is 462 g/mol. The summed E-state index contributed by atoms with van der Waals surface area (Å²) in [6.07, 6.45) is 6.21. The van der Waals surface area contributed by atoms with Crippen LogP contribution in [0.4, 0.5) is 0 Å². The molecule has 0 saturated heterocycles. The van der Waals surface area contributed by atoms with Crippen molar-refractivity contribution in [3.8, 4) is 0 Å². The molecule has 0 rings (SSSR count). The fourth-order valence-corrected chi connectivity index (χ4v) is 2.66. The Morgan fingerprint density at radius 3 is 1.25 bits per heavy atom. The molecule has 0 amide bonds. The predicted octanol–water partition coefficient (Wildman–Crippen LogP) is 3.94. The van der Waals surface area contributed by atoms with E-state index < -0.39 is 17.4 Å². The zero-order valence-corrected chi connectivity index (χ0v) is 20.8. The smallest absolute Gasteiger partial charge is 0.323 e. The Morgan fingerprint density at radius 2 is 0.875 bits per heavy atom. The molecule has 8 heteroatoms. The van der Waals surface area contributed by atoms with E-state index in [1.54, 1.807) is 6.92 Å². The normalized spacial score (nSPS) is 11.5. The van der Waals surface area contributed by atoms with Crippen molar-refractivity contribution >= 4 is 11.9 Å². The third-order valence-electron chi connectivity index (χ3n) is 4.88. The van der Waals surface area contributed by atoms with Gasteiger partial charge in [0.25, 0.3) is 0 Å². The van der Waals surface area contributed by atoms with Crippen molar-refractivity contribution in [2.24, 2.45) is 5.41 Å². The van der Waals surface area contributed by atoms with Gasteiger partial charge in [-0.1, -0.05) is 46.5 Å². The second kappa shape index (κ2) is 21.6. The van der Waals surface area contributed by atoms with Gasteiger partial charge in [0.2, 0.25) is 0 Å². The number of esters is 2. The van der Waals surface area contributed by atoms with Gasteiger partial charge in [-0.3, -0.25) is 9.59 Å². The van der Waals surface area contributed by atoms with Crippen LogP contribution in [0.3, 0.4) is 0 Å². The van der Waals surface area contributed by atoms with E-state index in [-0.39, 0.29) is 26.4 Å². The molecular formula is C24H46O8. The van der Waals surface area contributed by atoms with Crippen molar-refractivity contribution in [2.75, 3.05) is 66.1 Å². The van der Waals surface area contributed by atoms with Gasteiger partial charge >= 0.3 is 11.9 Å². The molecule has 0 aromatic rings.